The largest absolute Gasteiger partial charge is 0.479 e. The van der Waals surface area contributed by atoms with Crippen molar-refractivity contribution in [2.45, 2.75) is 26.0 Å². The van der Waals surface area contributed by atoms with Gasteiger partial charge in [-0.1, -0.05) is 0 Å². The van der Waals surface area contributed by atoms with Crippen LogP contribution in [0.1, 0.15) is 13.8 Å². The van der Waals surface area contributed by atoms with E-state index in [0.717, 1.165) is 4.31 Å². The van der Waals surface area contributed by atoms with Gasteiger partial charge in [0.15, 0.2) is 6.10 Å². The van der Waals surface area contributed by atoms with Crippen molar-refractivity contribution in [2.24, 2.45) is 0 Å². The molecule has 0 aliphatic carbocycles. The summed E-state index contributed by atoms with van der Waals surface area (Å²) in [5.74, 6) is -1.14. The molecule has 0 spiro atoms. The molecule has 1 saturated heterocycles. The van der Waals surface area contributed by atoms with Gasteiger partial charge in [0.05, 0.1) is 13.2 Å². The van der Waals surface area contributed by atoms with E-state index in [1.165, 1.54) is 11.4 Å². The van der Waals surface area contributed by atoms with Crippen molar-refractivity contribution in [1.29, 1.82) is 0 Å². The molecule has 1 heterocycles. The Morgan fingerprint density at radius 1 is 1.53 bits per heavy atom. The molecule has 0 aromatic rings. The van der Waals surface area contributed by atoms with E-state index in [-0.39, 0.29) is 25.7 Å². The fourth-order valence-corrected chi connectivity index (χ4v) is 2.96. The first-order valence-electron chi connectivity index (χ1n) is 5.34. The number of morpholine rings is 1. The lowest BCUT2D eigenvalue weighted by Crippen LogP contribution is -2.53. The van der Waals surface area contributed by atoms with Gasteiger partial charge in [-0.25, -0.2) is 4.79 Å². The van der Waals surface area contributed by atoms with Gasteiger partial charge in [-0.05, 0) is 13.8 Å². The van der Waals surface area contributed by atoms with Crippen LogP contribution in [0.4, 0.5) is 0 Å². The molecule has 0 radical (unpaired) electrons. The maximum absolute atomic E-state index is 12.1. The zero-order valence-electron chi connectivity index (χ0n) is 10.2. The summed E-state index contributed by atoms with van der Waals surface area (Å²) < 4.78 is 31.5. The molecule has 0 bridgehead atoms. The van der Waals surface area contributed by atoms with E-state index < -0.39 is 22.3 Å². The fraction of sp³-hybridized carbons (Fsp3) is 0.889. The van der Waals surface area contributed by atoms with Gasteiger partial charge in [0, 0.05) is 19.6 Å². The number of rotatable bonds is 4. The Kier molecular flexibility index (Phi) is 4.48. The van der Waals surface area contributed by atoms with Crippen LogP contribution in [-0.4, -0.2) is 67.0 Å². The van der Waals surface area contributed by atoms with Gasteiger partial charge >= 0.3 is 5.97 Å². The smallest absolute Gasteiger partial charge is 0.334 e. The van der Waals surface area contributed by atoms with Gasteiger partial charge in [0.2, 0.25) is 0 Å². The molecule has 8 heteroatoms. The van der Waals surface area contributed by atoms with Gasteiger partial charge in [0.25, 0.3) is 10.2 Å². The molecule has 1 aliphatic heterocycles. The lowest BCUT2D eigenvalue weighted by atomic mass is 10.3. The average molecular weight is 266 g/mol. The fourth-order valence-electron chi connectivity index (χ4n) is 1.43. The highest BCUT2D eigenvalue weighted by molar-refractivity contribution is 7.86. The summed E-state index contributed by atoms with van der Waals surface area (Å²) in [4.78, 5) is 10.8. The molecule has 0 saturated carbocycles. The molecule has 1 unspecified atom stereocenters. The van der Waals surface area contributed by atoms with Crippen LogP contribution in [0.25, 0.3) is 0 Å². The highest BCUT2D eigenvalue weighted by atomic mass is 32.2. The van der Waals surface area contributed by atoms with Gasteiger partial charge in [-0.2, -0.15) is 17.0 Å². The van der Waals surface area contributed by atoms with Crippen molar-refractivity contribution in [3.8, 4) is 0 Å². The third-order valence-corrected chi connectivity index (χ3v) is 4.86. The molecule has 1 aliphatic rings. The topological polar surface area (TPSA) is 87.2 Å². The number of ether oxygens (including phenoxy) is 1. The molecule has 1 N–H and O–H groups in total. The number of carboxylic acids is 1. The molecule has 1 atom stereocenters. The third-order valence-electron chi connectivity index (χ3n) is 2.72. The number of nitrogens with zero attached hydrogens (tertiary/aromatic N) is 2. The van der Waals surface area contributed by atoms with Crippen LogP contribution in [0.2, 0.25) is 0 Å². The summed E-state index contributed by atoms with van der Waals surface area (Å²) >= 11 is 0. The number of carbonyl (C=O) groups is 1. The van der Waals surface area contributed by atoms with Crippen LogP contribution >= 0.6 is 0 Å². The Bertz CT molecular complexity index is 381. The minimum absolute atomic E-state index is 0.0993. The van der Waals surface area contributed by atoms with Crippen LogP contribution in [0.5, 0.6) is 0 Å². The van der Waals surface area contributed by atoms with Crippen LogP contribution in [0.3, 0.4) is 0 Å². The minimum atomic E-state index is -3.60. The zero-order valence-corrected chi connectivity index (χ0v) is 11.0. The van der Waals surface area contributed by atoms with Crippen molar-refractivity contribution in [3.63, 3.8) is 0 Å². The number of hydrogen-bond acceptors (Lipinski definition) is 4. The van der Waals surface area contributed by atoms with Gasteiger partial charge in [-0.3, -0.25) is 0 Å². The third kappa shape index (κ3) is 3.15. The second kappa shape index (κ2) is 5.30. The van der Waals surface area contributed by atoms with E-state index >= 15 is 0 Å². The first kappa shape index (κ1) is 14.4. The first-order chi connectivity index (χ1) is 7.76. The summed E-state index contributed by atoms with van der Waals surface area (Å²) in [6, 6.07) is -0.175. The standard InChI is InChI=1S/C9H18N2O5S/c1-7(2)10(3)17(14,15)11-4-5-16-8(6-11)9(12)13/h7-8H,4-6H2,1-3H3,(H,12,13). The predicted octanol–water partition coefficient (Wildman–Crippen LogP) is -0.643. The van der Waals surface area contributed by atoms with Crippen molar-refractivity contribution >= 4 is 16.2 Å². The molecule has 7 nitrogen and oxygen atoms in total. The molecule has 17 heavy (non-hydrogen) atoms. The van der Waals surface area contributed by atoms with Crippen molar-refractivity contribution < 1.29 is 23.1 Å². The van der Waals surface area contributed by atoms with Crippen molar-refractivity contribution in [3.05, 3.63) is 0 Å². The Balaban J connectivity index is 2.82. The van der Waals surface area contributed by atoms with E-state index in [1.54, 1.807) is 13.8 Å². The van der Waals surface area contributed by atoms with E-state index in [9.17, 15) is 13.2 Å². The van der Waals surface area contributed by atoms with E-state index in [1.807, 2.05) is 0 Å². The number of carboxylic acid groups (broad SMARTS) is 1. The quantitative estimate of drug-likeness (QED) is 0.731. The number of hydrogen-bond donors (Lipinski definition) is 1. The normalized spacial score (nSPS) is 23.2. The predicted molar refractivity (Wildman–Crippen MR) is 60.8 cm³/mol. The average Bonchev–Trinajstić information content (AvgIpc) is 2.28. The zero-order chi connectivity index (χ0) is 13.2. The summed E-state index contributed by atoms with van der Waals surface area (Å²) in [5.41, 5.74) is 0. The molecule has 100 valence electrons. The monoisotopic (exact) mass is 266 g/mol. The van der Waals surface area contributed by atoms with Crippen LogP contribution in [-0.2, 0) is 19.7 Å². The SMILES string of the molecule is CC(C)N(C)S(=O)(=O)N1CCOC(C(=O)O)C1. The second-order valence-electron chi connectivity index (χ2n) is 4.17. The molecule has 0 amide bonds. The van der Waals surface area contributed by atoms with Gasteiger partial charge < -0.3 is 9.84 Å². The lowest BCUT2D eigenvalue weighted by Gasteiger charge is -2.34. The Labute approximate surface area is 101 Å². The Morgan fingerprint density at radius 3 is 2.59 bits per heavy atom. The first-order valence-corrected chi connectivity index (χ1v) is 6.74. The molecular weight excluding hydrogens is 248 g/mol. The van der Waals surface area contributed by atoms with Crippen molar-refractivity contribution in [2.75, 3.05) is 26.7 Å². The second-order valence-corrected chi connectivity index (χ2v) is 6.16. The summed E-state index contributed by atoms with van der Waals surface area (Å²) in [6.07, 6.45) is -1.08. The van der Waals surface area contributed by atoms with E-state index in [2.05, 4.69) is 0 Å². The lowest BCUT2D eigenvalue weighted by molar-refractivity contribution is -0.153. The van der Waals surface area contributed by atoms with Gasteiger partial charge in [-0.15, -0.1) is 0 Å². The Hall–Kier alpha value is -0.700. The molecular formula is C9H18N2O5S. The van der Waals surface area contributed by atoms with Crippen LogP contribution in [0.15, 0.2) is 0 Å². The molecule has 0 aromatic heterocycles. The maximum atomic E-state index is 12.1. The maximum Gasteiger partial charge on any atom is 0.334 e. The molecule has 1 fully saturated rings. The minimum Gasteiger partial charge on any atom is -0.479 e. The van der Waals surface area contributed by atoms with Crippen molar-refractivity contribution in [1.82, 2.24) is 8.61 Å². The highest BCUT2D eigenvalue weighted by Crippen LogP contribution is 2.14. The summed E-state index contributed by atoms with van der Waals surface area (Å²) in [6.45, 7) is 3.65. The molecule has 1 rings (SSSR count). The van der Waals surface area contributed by atoms with E-state index in [0.29, 0.717) is 0 Å². The van der Waals surface area contributed by atoms with Gasteiger partial charge in [0.1, 0.15) is 0 Å². The van der Waals surface area contributed by atoms with Crippen LogP contribution < -0.4 is 0 Å². The number of aliphatic carboxylic acids is 1. The summed E-state index contributed by atoms with van der Waals surface area (Å²) in [7, 11) is -2.13. The van der Waals surface area contributed by atoms with Crippen LogP contribution in [0, 0.1) is 0 Å². The molecule has 0 aromatic carbocycles. The Morgan fingerprint density at radius 2 is 2.12 bits per heavy atom. The highest BCUT2D eigenvalue weighted by Gasteiger charge is 2.35. The van der Waals surface area contributed by atoms with E-state index in [4.69, 9.17) is 9.84 Å². The summed E-state index contributed by atoms with van der Waals surface area (Å²) in [5, 5.41) is 8.81.